The number of piperidine rings is 2. The molecular weight excluding hydrogens is 402 g/mol. The van der Waals surface area contributed by atoms with E-state index in [1.165, 1.54) is 35.5 Å². The second-order valence-corrected chi connectivity index (χ2v) is 9.25. The summed E-state index contributed by atoms with van der Waals surface area (Å²) in [5, 5.41) is 6.37. The number of hydrogen-bond acceptors (Lipinski definition) is 5. The summed E-state index contributed by atoms with van der Waals surface area (Å²) in [6.07, 6.45) is 3.10. The van der Waals surface area contributed by atoms with E-state index in [4.69, 9.17) is 0 Å². The van der Waals surface area contributed by atoms with Gasteiger partial charge in [-0.2, -0.15) is 4.31 Å². The molecule has 1 aromatic carbocycles. The molecule has 7 nitrogen and oxygen atoms in total. The highest BCUT2D eigenvalue weighted by Gasteiger charge is 2.32. The third kappa shape index (κ3) is 5.31. The molecule has 2 fully saturated rings. The Bertz CT molecular complexity index is 784. The van der Waals surface area contributed by atoms with Gasteiger partial charge in [0.2, 0.25) is 15.9 Å². The summed E-state index contributed by atoms with van der Waals surface area (Å²) in [5.41, 5.74) is 0.488. The number of Topliss-reactive ketones (excluding diaryl/α,β-unsaturated/α-hetero) is 1. The van der Waals surface area contributed by atoms with Crippen molar-refractivity contribution in [2.45, 2.75) is 43.5 Å². The predicted octanol–water partition coefficient (Wildman–Crippen LogP) is 1.58. The van der Waals surface area contributed by atoms with Crippen LogP contribution in [0.1, 0.15) is 43.0 Å². The monoisotopic (exact) mass is 429 g/mol. The number of nitrogens with one attached hydrogen (secondary N) is 2. The number of halogens is 1. The molecule has 0 radical (unpaired) electrons. The van der Waals surface area contributed by atoms with Gasteiger partial charge in [0.25, 0.3) is 0 Å². The fourth-order valence-corrected chi connectivity index (χ4v) is 5.13. The highest BCUT2D eigenvalue weighted by molar-refractivity contribution is 7.89. The second kappa shape index (κ2) is 9.82. The van der Waals surface area contributed by atoms with Crippen molar-refractivity contribution in [3.8, 4) is 0 Å². The van der Waals surface area contributed by atoms with Gasteiger partial charge in [0, 0.05) is 37.2 Å². The zero-order chi connectivity index (χ0) is 19.4. The third-order valence-corrected chi connectivity index (χ3v) is 7.28. The molecule has 28 heavy (non-hydrogen) atoms. The van der Waals surface area contributed by atoms with Crippen molar-refractivity contribution in [1.29, 1.82) is 0 Å². The number of carbonyl (C=O) groups is 2. The minimum atomic E-state index is -3.60. The quantitative estimate of drug-likeness (QED) is 0.693. The lowest BCUT2D eigenvalue weighted by molar-refractivity contribution is -0.126. The van der Waals surface area contributed by atoms with Crippen molar-refractivity contribution >= 4 is 34.1 Å². The summed E-state index contributed by atoms with van der Waals surface area (Å²) in [6, 6.07) is 6.19. The van der Waals surface area contributed by atoms with Gasteiger partial charge in [-0.3, -0.25) is 9.59 Å². The molecule has 0 bridgehead atoms. The molecule has 1 aromatic rings. The molecule has 0 spiro atoms. The smallest absolute Gasteiger partial charge is 0.243 e. The van der Waals surface area contributed by atoms with Crippen molar-refractivity contribution in [2.75, 3.05) is 26.2 Å². The van der Waals surface area contributed by atoms with Crippen LogP contribution in [0.5, 0.6) is 0 Å². The molecule has 0 aliphatic carbocycles. The maximum absolute atomic E-state index is 12.8. The van der Waals surface area contributed by atoms with Gasteiger partial charge < -0.3 is 10.6 Å². The number of nitrogens with zero attached hydrogens (tertiary/aromatic N) is 1. The molecule has 1 amide bonds. The van der Waals surface area contributed by atoms with Gasteiger partial charge in [0.05, 0.1) is 4.90 Å². The number of hydrogen-bond donors (Lipinski definition) is 2. The van der Waals surface area contributed by atoms with E-state index in [0.29, 0.717) is 31.5 Å². The highest BCUT2D eigenvalue weighted by Crippen LogP contribution is 2.24. The van der Waals surface area contributed by atoms with Crippen LogP contribution >= 0.6 is 12.4 Å². The van der Waals surface area contributed by atoms with Gasteiger partial charge in [-0.15, -0.1) is 12.4 Å². The number of carbonyl (C=O) groups excluding carboxylic acids is 2. The van der Waals surface area contributed by atoms with Gasteiger partial charge in [0.1, 0.15) is 0 Å². The molecule has 1 atom stereocenters. The Balaban J connectivity index is 0.00000280. The van der Waals surface area contributed by atoms with Gasteiger partial charge in [0.15, 0.2) is 5.78 Å². The van der Waals surface area contributed by atoms with Crippen LogP contribution in [0.15, 0.2) is 29.2 Å². The number of benzene rings is 1. The van der Waals surface area contributed by atoms with Crippen LogP contribution in [0, 0.1) is 5.92 Å². The van der Waals surface area contributed by atoms with Crippen LogP contribution in [0.3, 0.4) is 0 Å². The van der Waals surface area contributed by atoms with Crippen molar-refractivity contribution in [3.63, 3.8) is 0 Å². The van der Waals surface area contributed by atoms with E-state index in [0.717, 1.165) is 25.9 Å². The largest absolute Gasteiger partial charge is 0.352 e. The third-order valence-electron chi connectivity index (χ3n) is 5.37. The molecule has 9 heteroatoms. The first-order valence-electron chi connectivity index (χ1n) is 9.50. The minimum absolute atomic E-state index is 0. The Labute approximate surface area is 172 Å². The van der Waals surface area contributed by atoms with Crippen molar-refractivity contribution in [2.24, 2.45) is 5.92 Å². The summed E-state index contributed by atoms with van der Waals surface area (Å²) >= 11 is 0. The van der Waals surface area contributed by atoms with Crippen LogP contribution < -0.4 is 10.6 Å². The van der Waals surface area contributed by atoms with Crippen molar-refractivity contribution < 1.29 is 18.0 Å². The molecule has 0 saturated carbocycles. The number of ketones is 1. The van der Waals surface area contributed by atoms with Crippen LogP contribution in [-0.2, 0) is 14.8 Å². The van der Waals surface area contributed by atoms with Gasteiger partial charge in [-0.05, 0) is 51.3 Å². The summed E-state index contributed by atoms with van der Waals surface area (Å²) in [4.78, 5) is 24.0. The average Bonchev–Trinajstić information content (AvgIpc) is 2.69. The SMILES string of the molecule is CC(=O)c1ccc(S(=O)(=O)N2CCC(C(=O)NC3CCCNC3)CC2)cc1.Cl. The minimum Gasteiger partial charge on any atom is -0.352 e. The molecule has 2 saturated heterocycles. The van der Waals surface area contributed by atoms with Crippen LogP contribution in [0.4, 0.5) is 0 Å². The molecule has 2 aliphatic heterocycles. The normalized spacial score (nSPS) is 21.5. The number of amides is 1. The molecule has 2 N–H and O–H groups in total. The average molecular weight is 430 g/mol. The Kier molecular flexibility index (Phi) is 8.00. The fourth-order valence-electron chi connectivity index (χ4n) is 3.66. The van der Waals surface area contributed by atoms with Crippen molar-refractivity contribution in [3.05, 3.63) is 29.8 Å². The topological polar surface area (TPSA) is 95.6 Å². The highest BCUT2D eigenvalue weighted by atomic mass is 35.5. The van der Waals surface area contributed by atoms with E-state index in [9.17, 15) is 18.0 Å². The van der Waals surface area contributed by atoms with E-state index < -0.39 is 10.0 Å². The fraction of sp³-hybridized carbons (Fsp3) is 0.579. The standard InChI is InChI=1S/C19H27N3O4S.ClH/c1-14(23)15-4-6-18(7-5-15)27(25,26)22-11-8-16(9-12-22)19(24)21-17-3-2-10-20-13-17;/h4-7,16-17,20H,2-3,8-13H2,1H3,(H,21,24);1H. The molecule has 0 aromatic heterocycles. The first-order chi connectivity index (χ1) is 12.9. The van der Waals surface area contributed by atoms with Gasteiger partial charge >= 0.3 is 0 Å². The first kappa shape index (κ1) is 22.8. The molecule has 2 heterocycles. The molecule has 2 aliphatic rings. The van der Waals surface area contributed by atoms with E-state index in [1.54, 1.807) is 0 Å². The Morgan fingerprint density at radius 1 is 1.11 bits per heavy atom. The maximum atomic E-state index is 12.8. The molecule has 156 valence electrons. The van der Waals surface area contributed by atoms with Gasteiger partial charge in [-0.25, -0.2) is 8.42 Å². The Hall–Kier alpha value is -1.48. The maximum Gasteiger partial charge on any atom is 0.243 e. The van der Waals surface area contributed by atoms with E-state index in [2.05, 4.69) is 10.6 Å². The Morgan fingerprint density at radius 3 is 2.29 bits per heavy atom. The summed E-state index contributed by atoms with van der Waals surface area (Å²) in [6.45, 7) is 3.91. The first-order valence-corrected chi connectivity index (χ1v) is 10.9. The molecule has 1 unspecified atom stereocenters. The summed E-state index contributed by atoms with van der Waals surface area (Å²) in [7, 11) is -3.60. The molecule has 3 rings (SSSR count). The van der Waals surface area contributed by atoms with Crippen LogP contribution in [0.2, 0.25) is 0 Å². The second-order valence-electron chi connectivity index (χ2n) is 7.31. The lowest BCUT2D eigenvalue weighted by atomic mass is 9.96. The predicted molar refractivity (Wildman–Crippen MR) is 109 cm³/mol. The Morgan fingerprint density at radius 2 is 1.75 bits per heavy atom. The van der Waals surface area contributed by atoms with Crippen LogP contribution in [0.25, 0.3) is 0 Å². The van der Waals surface area contributed by atoms with E-state index in [1.807, 2.05) is 0 Å². The summed E-state index contributed by atoms with van der Waals surface area (Å²) in [5.74, 6) is -0.205. The van der Waals surface area contributed by atoms with Crippen LogP contribution in [-0.4, -0.2) is 56.6 Å². The number of rotatable bonds is 5. The lowest BCUT2D eigenvalue weighted by Gasteiger charge is -2.32. The van der Waals surface area contributed by atoms with Crippen molar-refractivity contribution in [1.82, 2.24) is 14.9 Å². The zero-order valence-corrected chi connectivity index (χ0v) is 17.7. The van der Waals surface area contributed by atoms with E-state index >= 15 is 0 Å². The summed E-state index contributed by atoms with van der Waals surface area (Å²) < 4.78 is 27.0. The van der Waals surface area contributed by atoms with Gasteiger partial charge in [-0.1, -0.05) is 12.1 Å². The lowest BCUT2D eigenvalue weighted by Crippen LogP contribution is -2.49. The zero-order valence-electron chi connectivity index (χ0n) is 16.0. The van der Waals surface area contributed by atoms with E-state index in [-0.39, 0.29) is 41.0 Å². The number of sulfonamides is 1. The molecular formula is C19H28ClN3O4S.